The maximum Gasteiger partial charge on any atom is 0.254 e. The molecule has 1 saturated carbocycles. The molecule has 0 atom stereocenters. The molecule has 2 aliphatic rings. The number of fused-ring (bicyclic) bond motifs is 1. The van der Waals surface area contributed by atoms with Gasteiger partial charge in [-0.15, -0.1) is 0 Å². The van der Waals surface area contributed by atoms with Crippen LogP contribution in [0.3, 0.4) is 0 Å². The fourth-order valence-electron chi connectivity index (χ4n) is 5.25. The number of ether oxygens (including phenoxy) is 2. The van der Waals surface area contributed by atoms with Crippen molar-refractivity contribution >= 4 is 16.8 Å². The van der Waals surface area contributed by atoms with Crippen molar-refractivity contribution in [3.8, 4) is 11.5 Å². The SMILES string of the molecule is COc1ccc(CC2CCN(C(=O)c3ccnc4ccccc34)CC2)cc1OC1CCCC1. The van der Waals surface area contributed by atoms with E-state index in [2.05, 4.69) is 17.1 Å². The smallest absolute Gasteiger partial charge is 0.254 e. The molecule has 172 valence electrons. The standard InChI is InChI=1S/C28H32N2O3/c1-32-26-11-10-21(19-27(26)33-22-6-2-3-7-22)18-20-13-16-30(17-14-20)28(31)24-12-15-29-25-9-5-4-8-23(24)25/h4-5,8-12,15,19-20,22H,2-3,6-7,13-14,16-18H2,1H3. The van der Waals surface area contributed by atoms with E-state index in [-0.39, 0.29) is 5.91 Å². The van der Waals surface area contributed by atoms with E-state index < -0.39 is 0 Å². The number of benzene rings is 2. The van der Waals surface area contributed by atoms with Crippen LogP contribution >= 0.6 is 0 Å². The third-order valence-corrected chi connectivity index (χ3v) is 7.13. The number of pyridine rings is 1. The summed E-state index contributed by atoms with van der Waals surface area (Å²) in [4.78, 5) is 19.6. The Bertz CT molecular complexity index is 1110. The van der Waals surface area contributed by atoms with Crippen LogP contribution in [0.25, 0.3) is 10.9 Å². The van der Waals surface area contributed by atoms with Crippen molar-refractivity contribution in [3.05, 3.63) is 65.9 Å². The summed E-state index contributed by atoms with van der Waals surface area (Å²) in [5.41, 5.74) is 2.91. The minimum atomic E-state index is 0.115. The third kappa shape index (κ3) is 4.82. The van der Waals surface area contributed by atoms with Gasteiger partial charge >= 0.3 is 0 Å². The van der Waals surface area contributed by atoms with Crippen LogP contribution in [0, 0.1) is 5.92 Å². The van der Waals surface area contributed by atoms with E-state index in [4.69, 9.17) is 9.47 Å². The number of para-hydroxylation sites is 1. The van der Waals surface area contributed by atoms with Crippen LogP contribution < -0.4 is 9.47 Å². The second-order valence-electron chi connectivity index (χ2n) is 9.32. The quantitative estimate of drug-likeness (QED) is 0.492. The molecule has 1 aromatic heterocycles. The Hall–Kier alpha value is -3.08. The maximum atomic E-state index is 13.2. The van der Waals surface area contributed by atoms with Crippen LogP contribution in [-0.4, -0.2) is 42.1 Å². The Morgan fingerprint density at radius 2 is 1.79 bits per heavy atom. The van der Waals surface area contributed by atoms with Crippen molar-refractivity contribution in [2.24, 2.45) is 5.92 Å². The van der Waals surface area contributed by atoms with Crippen LogP contribution in [0.2, 0.25) is 0 Å². The summed E-state index contributed by atoms with van der Waals surface area (Å²) in [5.74, 6) is 2.37. The highest BCUT2D eigenvalue weighted by Gasteiger charge is 2.25. The van der Waals surface area contributed by atoms with Gasteiger partial charge in [-0.1, -0.05) is 24.3 Å². The molecule has 1 aliphatic heterocycles. The van der Waals surface area contributed by atoms with Gasteiger partial charge in [0.1, 0.15) is 0 Å². The van der Waals surface area contributed by atoms with Gasteiger partial charge in [0.25, 0.3) is 5.91 Å². The van der Waals surface area contributed by atoms with E-state index >= 15 is 0 Å². The zero-order chi connectivity index (χ0) is 22.6. The molecule has 0 radical (unpaired) electrons. The molecule has 3 aromatic rings. The first kappa shape index (κ1) is 21.7. The first-order chi connectivity index (χ1) is 16.2. The number of carbonyl (C=O) groups excluding carboxylic acids is 1. The van der Waals surface area contributed by atoms with Gasteiger partial charge in [-0.25, -0.2) is 0 Å². The van der Waals surface area contributed by atoms with Crippen molar-refractivity contribution in [3.63, 3.8) is 0 Å². The molecule has 1 aliphatic carbocycles. The topological polar surface area (TPSA) is 51.7 Å². The number of amides is 1. The molecule has 33 heavy (non-hydrogen) atoms. The molecule has 0 bridgehead atoms. The maximum absolute atomic E-state index is 13.2. The third-order valence-electron chi connectivity index (χ3n) is 7.13. The van der Waals surface area contributed by atoms with Crippen LogP contribution in [0.15, 0.2) is 54.7 Å². The first-order valence-corrected chi connectivity index (χ1v) is 12.2. The molecule has 1 amide bonds. The Labute approximate surface area is 195 Å². The number of methoxy groups -OCH3 is 1. The summed E-state index contributed by atoms with van der Waals surface area (Å²) in [5, 5.41) is 0.931. The molecule has 2 heterocycles. The van der Waals surface area contributed by atoms with Gasteiger partial charge in [0, 0.05) is 24.7 Å². The van der Waals surface area contributed by atoms with Crippen molar-refractivity contribution in [2.45, 2.75) is 51.0 Å². The molecule has 0 N–H and O–H groups in total. The van der Waals surface area contributed by atoms with E-state index in [1.807, 2.05) is 41.3 Å². The lowest BCUT2D eigenvalue weighted by Gasteiger charge is -2.32. The van der Waals surface area contributed by atoms with E-state index in [1.54, 1.807) is 13.3 Å². The molecular weight excluding hydrogens is 412 g/mol. The molecular formula is C28H32N2O3. The number of hydrogen-bond donors (Lipinski definition) is 0. The summed E-state index contributed by atoms with van der Waals surface area (Å²) < 4.78 is 11.8. The van der Waals surface area contributed by atoms with Crippen LogP contribution in [0.1, 0.15) is 54.4 Å². The molecule has 0 spiro atoms. The molecule has 2 fully saturated rings. The number of carbonyl (C=O) groups is 1. The van der Waals surface area contributed by atoms with Gasteiger partial charge in [-0.2, -0.15) is 0 Å². The van der Waals surface area contributed by atoms with E-state index in [9.17, 15) is 4.79 Å². The average molecular weight is 445 g/mol. The number of likely N-dealkylation sites (tertiary alicyclic amines) is 1. The van der Waals surface area contributed by atoms with E-state index in [0.29, 0.717) is 12.0 Å². The zero-order valence-corrected chi connectivity index (χ0v) is 19.3. The van der Waals surface area contributed by atoms with Gasteiger partial charge in [0.15, 0.2) is 11.5 Å². The fraction of sp³-hybridized carbons (Fsp3) is 0.429. The average Bonchev–Trinajstić information content (AvgIpc) is 3.37. The first-order valence-electron chi connectivity index (χ1n) is 12.2. The fourth-order valence-corrected chi connectivity index (χ4v) is 5.25. The van der Waals surface area contributed by atoms with Gasteiger partial charge in [-0.05, 0) is 80.7 Å². The van der Waals surface area contributed by atoms with Crippen LogP contribution in [0.5, 0.6) is 11.5 Å². The minimum Gasteiger partial charge on any atom is -0.493 e. The van der Waals surface area contributed by atoms with E-state index in [0.717, 1.165) is 73.2 Å². The number of rotatable bonds is 6. The molecule has 1 saturated heterocycles. The van der Waals surface area contributed by atoms with Crippen molar-refractivity contribution in [1.29, 1.82) is 0 Å². The Kier molecular flexibility index (Phi) is 6.47. The lowest BCUT2D eigenvalue weighted by molar-refractivity contribution is 0.0692. The zero-order valence-electron chi connectivity index (χ0n) is 19.3. The number of hydrogen-bond acceptors (Lipinski definition) is 4. The predicted molar refractivity (Wildman–Crippen MR) is 130 cm³/mol. The molecule has 5 rings (SSSR count). The second-order valence-corrected chi connectivity index (χ2v) is 9.32. The van der Waals surface area contributed by atoms with Gasteiger partial charge in [0.05, 0.1) is 24.3 Å². The van der Waals surface area contributed by atoms with Crippen molar-refractivity contribution in [1.82, 2.24) is 9.88 Å². The predicted octanol–water partition coefficient (Wildman–Crippen LogP) is 5.66. The highest BCUT2D eigenvalue weighted by atomic mass is 16.5. The molecule has 5 nitrogen and oxygen atoms in total. The van der Waals surface area contributed by atoms with Gasteiger partial charge < -0.3 is 14.4 Å². The Morgan fingerprint density at radius 3 is 2.58 bits per heavy atom. The van der Waals surface area contributed by atoms with Gasteiger partial charge in [0.2, 0.25) is 0 Å². The largest absolute Gasteiger partial charge is 0.493 e. The molecule has 0 unspecified atom stereocenters. The monoisotopic (exact) mass is 444 g/mol. The number of aromatic nitrogens is 1. The molecule has 5 heteroatoms. The lowest BCUT2D eigenvalue weighted by atomic mass is 9.89. The normalized spacial score (nSPS) is 17.4. The van der Waals surface area contributed by atoms with Crippen LogP contribution in [0.4, 0.5) is 0 Å². The minimum absolute atomic E-state index is 0.115. The highest BCUT2D eigenvalue weighted by molar-refractivity contribution is 6.05. The Balaban J connectivity index is 1.22. The lowest BCUT2D eigenvalue weighted by Crippen LogP contribution is -2.39. The van der Waals surface area contributed by atoms with Crippen molar-refractivity contribution in [2.75, 3.05) is 20.2 Å². The second kappa shape index (κ2) is 9.82. The Morgan fingerprint density at radius 1 is 1.00 bits per heavy atom. The summed E-state index contributed by atoms with van der Waals surface area (Å²) in [7, 11) is 1.70. The summed E-state index contributed by atoms with van der Waals surface area (Å²) in [6, 6.07) is 16.1. The highest BCUT2D eigenvalue weighted by Crippen LogP contribution is 2.34. The summed E-state index contributed by atoms with van der Waals surface area (Å²) in [6.07, 6.45) is 9.84. The number of piperidine rings is 1. The van der Waals surface area contributed by atoms with E-state index in [1.165, 1.54) is 18.4 Å². The van der Waals surface area contributed by atoms with Crippen LogP contribution in [-0.2, 0) is 6.42 Å². The summed E-state index contributed by atoms with van der Waals surface area (Å²) >= 11 is 0. The van der Waals surface area contributed by atoms with Gasteiger partial charge in [-0.3, -0.25) is 9.78 Å². The summed E-state index contributed by atoms with van der Waals surface area (Å²) in [6.45, 7) is 1.59. The van der Waals surface area contributed by atoms with Crippen molar-refractivity contribution < 1.29 is 14.3 Å². The molecule has 2 aromatic carbocycles. The number of nitrogens with zero attached hydrogens (tertiary/aromatic N) is 2.